The summed E-state index contributed by atoms with van der Waals surface area (Å²) in [5.41, 5.74) is 1.19. The van der Waals surface area contributed by atoms with Crippen molar-refractivity contribution in [3.63, 3.8) is 0 Å². The number of ether oxygens (including phenoxy) is 2. The highest BCUT2D eigenvalue weighted by atomic mass is 32.1. The van der Waals surface area contributed by atoms with E-state index in [2.05, 4.69) is 17.6 Å². The van der Waals surface area contributed by atoms with Crippen LogP contribution in [-0.2, 0) is 35.1 Å². The Morgan fingerprint density at radius 3 is 2.29 bits per heavy atom. The van der Waals surface area contributed by atoms with E-state index < -0.39 is 12.0 Å². The minimum absolute atomic E-state index is 0.0879. The lowest BCUT2D eigenvalue weighted by atomic mass is 10.1. The molecule has 1 saturated heterocycles. The molecule has 1 heterocycles. The first-order valence-electron chi connectivity index (χ1n) is 15.1. The van der Waals surface area contributed by atoms with Gasteiger partial charge in [0.25, 0.3) is 0 Å². The highest BCUT2D eigenvalue weighted by molar-refractivity contribution is 7.80. The minimum Gasteiger partial charge on any atom is -0.466 e. The van der Waals surface area contributed by atoms with Gasteiger partial charge >= 0.3 is 11.9 Å². The Kier molecular flexibility index (Phi) is 17.3. The Bertz CT molecular complexity index is 958. The van der Waals surface area contributed by atoms with Gasteiger partial charge in [-0.15, -0.1) is 0 Å². The van der Waals surface area contributed by atoms with Gasteiger partial charge < -0.3 is 25.0 Å². The van der Waals surface area contributed by atoms with Crippen molar-refractivity contribution in [3.8, 4) is 0 Å². The number of nitrogens with zero attached hydrogens (tertiary/aromatic N) is 1. The fraction of sp³-hybridized carbons (Fsp3) is 0.645. The Balaban J connectivity index is 1.62. The number of carbonyl (C=O) groups is 4. The molecule has 1 atom stereocenters. The second kappa shape index (κ2) is 20.8. The third-order valence-electron chi connectivity index (χ3n) is 6.96. The number of hydrogen-bond acceptors (Lipinski definition) is 7. The highest BCUT2D eigenvalue weighted by Gasteiger charge is 2.34. The molecule has 9 nitrogen and oxygen atoms in total. The fourth-order valence-corrected chi connectivity index (χ4v) is 4.96. The van der Waals surface area contributed by atoms with Gasteiger partial charge in [-0.25, -0.2) is 0 Å². The quantitative estimate of drug-likeness (QED) is 0.137. The summed E-state index contributed by atoms with van der Waals surface area (Å²) in [7, 11) is 0. The molecule has 0 bridgehead atoms. The zero-order valence-electron chi connectivity index (χ0n) is 24.5. The van der Waals surface area contributed by atoms with Crippen molar-refractivity contribution >= 4 is 41.1 Å². The van der Waals surface area contributed by atoms with Crippen LogP contribution in [0, 0.1) is 0 Å². The number of carbonyl (C=O) groups excluding carboxylic acids is 4. The van der Waals surface area contributed by atoms with Gasteiger partial charge in [0.2, 0.25) is 11.8 Å². The summed E-state index contributed by atoms with van der Waals surface area (Å²) in [4.78, 5) is 50.9. The first-order valence-corrected chi connectivity index (χ1v) is 15.5. The van der Waals surface area contributed by atoms with Gasteiger partial charge in [-0.05, 0) is 43.5 Å². The maximum atomic E-state index is 12.5. The second-order valence-electron chi connectivity index (χ2n) is 10.4. The molecule has 1 aliphatic heterocycles. The van der Waals surface area contributed by atoms with E-state index >= 15 is 0 Å². The largest absolute Gasteiger partial charge is 0.466 e. The molecule has 228 valence electrons. The lowest BCUT2D eigenvalue weighted by Crippen LogP contribution is -2.60. The summed E-state index contributed by atoms with van der Waals surface area (Å²) in [6, 6.07) is 9.15. The van der Waals surface area contributed by atoms with E-state index in [-0.39, 0.29) is 42.2 Å². The normalized spacial score (nSPS) is 14.7. The summed E-state index contributed by atoms with van der Waals surface area (Å²) in [6.07, 6.45) is 11.1. The molecule has 2 rings (SSSR count). The van der Waals surface area contributed by atoms with Crippen LogP contribution in [0.15, 0.2) is 30.3 Å². The van der Waals surface area contributed by atoms with Crippen molar-refractivity contribution in [1.82, 2.24) is 15.5 Å². The number of benzene rings is 1. The number of hydrogen-bond donors (Lipinski definition) is 2. The number of aryl methyl sites for hydroxylation is 1. The molecule has 10 heteroatoms. The predicted molar refractivity (Wildman–Crippen MR) is 162 cm³/mol. The van der Waals surface area contributed by atoms with Crippen LogP contribution in [-0.4, -0.2) is 66.1 Å². The number of piperazine rings is 1. The van der Waals surface area contributed by atoms with Crippen LogP contribution in [0.3, 0.4) is 0 Å². The molecule has 1 aliphatic rings. The molecule has 0 aliphatic carbocycles. The van der Waals surface area contributed by atoms with E-state index in [0.29, 0.717) is 32.7 Å². The number of nitrogens with one attached hydrogen (secondary N) is 2. The van der Waals surface area contributed by atoms with Crippen molar-refractivity contribution in [2.45, 2.75) is 103 Å². The van der Waals surface area contributed by atoms with E-state index in [1.54, 1.807) is 4.90 Å². The number of rotatable bonds is 19. The van der Waals surface area contributed by atoms with Gasteiger partial charge in [0, 0.05) is 25.9 Å². The molecule has 1 aromatic carbocycles. The molecule has 2 N–H and O–H groups in total. The molecule has 2 amide bonds. The van der Waals surface area contributed by atoms with Gasteiger partial charge in [0.15, 0.2) is 5.11 Å². The van der Waals surface area contributed by atoms with Crippen molar-refractivity contribution < 1.29 is 28.7 Å². The van der Waals surface area contributed by atoms with Gasteiger partial charge in [0.1, 0.15) is 6.04 Å². The van der Waals surface area contributed by atoms with E-state index in [0.717, 1.165) is 32.1 Å². The topological polar surface area (TPSA) is 114 Å². The van der Waals surface area contributed by atoms with Crippen LogP contribution in [0.2, 0.25) is 0 Å². The lowest BCUT2D eigenvalue weighted by Gasteiger charge is -2.36. The van der Waals surface area contributed by atoms with Crippen molar-refractivity contribution in [1.29, 1.82) is 0 Å². The molecule has 0 radical (unpaired) electrons. The van der Waals surface area contributed by atoms with Gasteiger partial charge in [-0.3, -0.25) is 19.2 Å². The van der Waals surface area contributed by atoms with Crippen LogP contribution in [0.4, 0.5) is 0 Å². The Hall–Kier alpha value is -3.01. The van der Waals surface area contributed by atoms with E-state index in [4.69, 9.17) is 21.7 Å². The molecule has 0 saturated carbocycles. The van der Waals surface area contributed by atoms with Crippen LogP contribution >= 0.6 is 12.2 Å². The molecular formula is C31H47N3O6S. The summed E-state index contributed by atoms with van der Waals surface area (Å²) < 4.78 is 10.6. The van der Waals surface area contributed by atoms with Crippen LogP contribution < -0.4 is 10.6 Å². The summed E-state index contributed by atoms with van der Waals surface area (Å²) in [6.45, 7) is 3.60. The third kappa shape index (κ3) is 15.0. The van der Waals surface area contributed by atoms with E-state index in [9.17, 15) is 19.2 Å². The Morgan fingerprint density at radius 2 is 1.56 bits per heavy atom. The van der Waals surface area contributed by atoms with Crippen molar-refractivity contribution in [2.75, 3.05) is 26.3 Å². The number of esters is 2. The SMILES string of the molecule is CCCCCCCCCCOC(=O)CC1C(=O)NCCN1C(=S)NC(=O)CCCC(=O)OCCCc1ccccc1. The van der Waals surface area contributed by atoms with Crippen LogP contribution in [0.25, 0.3) is 0 Å². The smallest absolute Gasteiger partial charge is 0.308 e. The molecule has 0 spiro atoms. The standard InChI is InChI=1S/C31H47N3O6S/c1-2-3-4-5-6-7-8-12-22-40-29(37)24-26-30(38)32-20-21-34(26)31(41)33-27(35)18-13-19-28(36)39-23-14-17-25-15-10-9-11-16-25/h9-11,15-16,26H,2-8,12-14,17-24H2,1H3,(H,32,38)(H,33,35,41). The Labute approximate surface area is 250 Å². The monoisotopic (exact) mass is 589 g/mol. The summed E-state index contributed by atoms with van der Waals surface area (Å²) in [5, 5.41) is 5.47. The van der Waals surface area contributed by atoms with Gasteiger partial charge in [-0.1, -0.05) is 82.2 Å². The zero-order valence-corrected chi connectivity index (χ0v) is 25.3. The predicted octanol–water partition coefficient (Wildman–Crippen LogP) is 4.61. The summed E-state index contributed by atoms with van der Waals surface area (Å²) in [5.74, 6) is -1.48. The number of unbranched alkanes of at least 4 members (excludes halogenated alkanes) is 7. The molecule has 1 fully saturated rings. The second-order valence-corrected chi connectivity index (χ2v) is 10.8. The first-order chi connectivity index (χ1) is 19.9. The molecule has 1 aromatic rings. The minimum atomic E-state index is -0.839. The molecule has 41 heavy (non-hydrogen) atoms. The highest BCUT2D eigenvalue weighted by Crippen LogP contribution is 2.13. The number of thiocarbonyl (C=S) groups is 1. The first kappa shape index (κ1) is 34.2. The molecule has 0 aromatic heterocycles. The third-order valence-corrected chi connectivity index (χ3v) is 7.30. The van der Waals surface area contributed by atoms with Crippen LogP contribution in [0.1, 0.15) is 96.0 Å². The average molecular weight is 590 g/mol. The van der Waals surface area contributed by atoms with E-state index in [1.165, 1.54) is 37.7 Å². The fourth-order valence-electron chi connectivity index (χ4n) is 4.63. The maximum Gasteiger partial charge on any atom is 0.308 e. The van der Waals surface area contributed by atoms with Gasteiger partial charge in [-0.2, -0.15) is 0 Å². The van der Waals surface area contributed by atoms with Crippen molar-refractivity contribution in [3.05, 3.63) is 35.9 Å². The zero-order chi connectivity index (χ0) is 29.7. The molecule has 1 unspecified atom stereocenters. The van der Waals surface area contributed by atoms with Gasteiger partial charge in [0.05, 0.1) is 19.6 Å². The summed E-state index contributed by atoms with van der Waals surface area (Å²) >= 11 is 5.39. The van der Waals surface area contributed by atoms with E-state index in [1.807, 2.05) is 30.3 Å². The van der Waals surface area contributed by atoms with Crippen LogP contribution in [0.5, 0.6) is 0 Å². The lowest BCUT2D eigenvalue weighted by molar-refractivity contribution is -0.147. The van der Waals surface area contributed by atoms with Crippen molar-refractivity contribution in [2.24, 2.45) is 0 Å². The molecular weight excluding hydrogens is 542 g/mol. The Morgan fingerprint density at radius 1 is 0.902 bits per heavy atom. The maximum absolute atomic E-state index is 12.5. The number of amides is 2. The average Bonchev–Trinajstić information content (AvgIpc) is 2.96.